The lowest BCUT2D eigenvalue weighted by Crippen LogP contribution is -2.03. The Hall–Kier alpha value is -1.66. The van der Waals surface area contributed by atoms with Crippen molar-refractivity contribution in [3.63, 3.8) is 0 Å². The first-order chi connectivity index (χ1) is 6.99. The van der Waals surface area contributed by atoms with Gasteiger partial charge in [-0.25, -0.2) is 0 Å². The Morgan fingerprint density at radius 2 is 2.20 bits per heavy atom. The number of furan rings is 1. The highest BCUT2D eigenvalue weighted by Crippen LogP contribution is 2.32. The third kappa shape index (κ3) is 2.64. The van der Waals surface area contributed by atoms with Gasteiger partial charge in [0, 0.05) is 4.91 Å². The van der Waals surface area contributed by atoms with Crippen LogP contribution in [-0.4, -0.2) is 11.7 Å². The summed E-state index contributed by atoms with van der Waals surface area (Å²) in [6.07, 6.45) is -4.59. The monoisotopic (exact) mass is 221 g/mol. The van der Waals surface area contributed by atoms with Gasteiger partial charge in [0.1, 0.15) is 11.8 Å². The van der Waals surface area contributed by atoms with Crippen molar-refractivity contribution >= 4 is 0 Å². The van der Waals surface area contributed by atoms with Gasteiger partial charge in [-0.1, -0.05) is 5.11 Å². The third-order valence-electron chi connectivity index (χ3n) is 1.60. The highest BCUT2D eigenvalue weighted by Gasteiger charge is 2.35. The molecule has 15 heavy (non-hydrogen) atoms. The van der Waals surface area contributed by atoms with Crippen LogP contribution in [0.4, 0.5) is 13.2 Å². The van der Waals surface area contributed by atoms with E-state index < -0.39 is 24.6 Å². The number of azide groups is 1. The molecule has 0 aliphatic heterocycles. The number of hydrogen-bond acceptors (Lipinski definition) is 3. The molecule has 82 valence electrons. The summed E-state index contributed by atoms with van der Waals surface area (Å²) in [5, 5.41) is 11.8. The fourth-order valence-electron chi connectivity index (χ4n) is 0.930. The van der Waals surface area contributed by atoms with Crippen LogP contribution in [0.25, 0.3) is 10.4 Å². The first kappa shape index (κ1) is 11.4. The van der Waals surface area contributed by atoms with Crippen LogP contribution in [0.15, 0.2) is 21.7 Å². The van der Waals surface area contributed by atoms with Crippen LogP contribution < -0.4 is 0 Å². The Labute approximate surface area is 81.7 Å². The third-order valence-corrected chi connectivity index (χ3v) is 1.60. The van der Waals surface area contributed by atoms with Gasteiger partial charge in [-0.15, -0.1) is 0 Å². The van der Waals surface area contributed by atoms with E-state index in [4.69, 9.17) is 10.6 Å². The zero-order valence-corrected chi connectivity index (χ0v) is 7.27. The topological polar surface area (TPSA) is 82.1 Å². The van der Waals surface area contributed by atoms with Gasteiger partial charge in [-0.05, 0) is 17.7 Å². The Morgan fingerprint density at radius 1 is 1.53 bits per heavy atom. The van der Waals surface area contributed by atoms with Gasteiger partial charge < -0.3 is 9.52 Å². The molecule has 0 aliphatic carbocycles. The number of halogens is 3. The highest BCUT2D eigenvalue weighted by atomic mass is 19.4. The van der Waals surface area contributed by atoms with Crippen molar-refractivity contribution in [2.24, 2.45) is 5.11 Å². The SMILES string of the molecule is [N-]=[N+]=NC(CO)c1ccc(C(F)(F)F)o1. The summed E-state index contributed by atoms with van der Waals surface area (Å²) >= 11 is 0. The van der Waals surface area contributed by atoms with E-state index in [2.05, 4.69) is 14.4 Å². The van der Waals surface area contributed by atoms with Crippen LogP contribution in [0, 0.1) is 0 Å². The molecule has 0 bridgehead atoms. The molecule has 1 N–H and O–H groups in total. The van der Waals surface area contributed by atoms with Gasteiger partial charge in [0.25, 0.3) is 0 Å². The number of nitrogens with zero attached hydrogens (tertiary/aromatic N) is 3. The number of aliphatic hydroxyl groups is 1. The van der Waals surface area contributed by atoms with Gasteiger partial charge in [-0.3, -0.25) is 0 Å². The van der Waals surface area contributed by atoms with Crippen LogP contribution in [-0.2, 0) is 6.18 Å². The second-order valence-electron chi connectivity index (χ2n) is 2.60. The van der Waals surface area contributed by atoms with Crippen molar-refractivity contribution in [1.82, 2.24) is 0 Å². The Kier molecular flexibility index (Phi) is 3.23. The van der Waals surface area contributed by atoms with Gasteiger partial charge in [0.15, 0.2) is 0 Å². The zero-order valence-electron chi connectivity index (χ0n) is 7.27. The van der Waals surface area contributed by atoms with Gasteiger partial charge in [0.2, 0.25) is 5.76 Å². The molecule has 0 fully saturated rings. The van der Waals surface area contributed by atoms with Gasteiger partial charge >= 0.3 is 6.18 Å². The summed E-state index contributed by atoms with van der Waals surface area (Å²) < 4.78 is 40.7. The van der Waals surface area contributed by atoms with E-state index in [-0.39, 0.29) is 5.76 Å². The molecule has 1 rings (SSSR count). The van der Waals surface area contributed by atoms with Gasteiger partial charge in [-0.2, -0.15) is 13.2 Å². The van der Waals surface area contributed by atoms with E-state index in [1.165, 1.54) is 0 Å². The molecule has 1 unspecified atom stereocenters. The van der Waals surface area contributed by atoms with Crippen molar-refractivity contribution in [1.29, 1.82) is 0 Å². The largest absolute Gasteiger partial charge is 0.456 e. The quantitative estimate of drug-likeness (QED) is 0.483. The predicted octanol–water partition coefficient (Wildman–Crippen LogP) is 2.64. The van der Waals surface area contributed by atoms with Crippen molar-refractivity contribution in [3.05, 3.63) is 34.1 Å². The minimum Gasteiger partial charge on any atom is -0.456 e. The summed E-state index contributed by atoms with van der Waals surface area (Å²) in [4.78, 5) is 2.38. The fourth-order valence-corrected chi connectivity index (χ4v) is 0.930. The lowest BCUT2D eigenvalue weighted by Gasteiger charge is -2.04. The Balaban J connectivity index is 2.97. The summed E-state index contributed by atoms with van der Waals surface area (Å²) in [5.41, 5.74) is 8.08. The number of hydrogen-bond donors (Lipinski definition) is 1. The maximum atomic E-state index is 12.1. The average Bonchev–Trinajstić information content (AvgIpc) is 2.62. The molecule has 8 heteroatoms. The van der Waals surface area contributed by atoms with Crippen molar-refractivity contribution in [2.45, 2.75) is 12.2 Å². The standard InChI is InChI=1S/C7H6F3N3O2/c8-7(9,10)6-2-1-5(15-6)4(3-14)12-13-11/h1-2,4,14H,3H2. The summed E-state index contributed by atoms with van der Waals surface area (Å²) in [6, 6.07) is 0.592. The number of alkyl halides is 3. The molecule has 0 radical (unpaired) electrons. The van der Waals surface area contributed by atoms with E-state index in [1.807, 2.05) is 0 Å². The molecule has 0 aromatic carbocycles. The summed E-state index contributed by atoms with van der Waals surface area (Å²) in [5.74, 6) is -1.41. The molecule has 1 aromatic rings. The highest BCUT2D eigenvalue weighted by molar-refractivity contribution is 5.13. The molecule has 1 aromatic heterocycles. The van der Waals surface area contributed by atoms with E-state index >= 15 is 0 Å². The molecular weight excluding hydrogens is 215 g/mol. The molecule has 1 heterocycles. The maximum absolute atomic E-state index is 12.1. The zero-order chi connectivity index (χ0) is 11.5. The van der Waals surface area contributed by atoms with Crippen LogP contribution in [0.5, 0.6) is 0 Å². The first-order valence-electron chi connectivity index (χ1n) is 3.81. The van der Waals surface area contributed by atoms with Crippen molar-refractivity contribution < 1.29 is 22.7 Å². The van der Waals surface area contributed by atoms with Crippen molar-refractivity contribution in [2.75, 3.05) is 6.61 Å². The van der Waals surface area contributed by atoms with E-state index in [0.717, 1.165) is 6.07 Å². The van der Waals surface area contributed by atoms with E-state index in [1.54, 1.807) is 0 Å². The average molecular weight is 221 g/mol. The maximum Gasteiger partial charge on any atom is 0.449 e. The molecule has 5 nitrogen and oxygen atoms in total. The number of aliphatic hydroxyl groups excluding tert-OH is 1. The van der Waals surface area contributed by atoms with Gasteiger partial charge in [0.05, 0.1) is 6.61 Å². The number of rotatable bonds is 3. The van der Waals surface area contributed by atoms with Crippen molar-refractivity contribution in [3.8, 4) is 0 Å². The Morgan fingerprint density at radius 3 is 2.60 bits per heavy atom. The lowest BCUT2D eigenvalue weighted by atomic mass is 10.2. The Bertz CT molecular complexity index is 381. The lowest BCUT2D eigenvalue weighted by molar-refractivity contribution is -0.153. The minimum absolute atomic E-state index is 0.220. The predicted molar refractivity (Wildman–Crippen MR) is 42.7 cm³/mol. The molecule has 0 saturated carbocycles. The van der Waals surface area contributed by atoms with Crippen LogP contribution in [0.1, 0.15) is 17.6 Å². The second-order valence-corrected chi connectivity index (χ2v) is 2.60. The molecular formula is C7H6F3N3O2. The molecule has 0 aliphatic rings. The molecule has 0 saturated heterocycles. The van der Waals surface area contributed by atoms with Crippen LogP contribution >= 0.6 is 0 Å². The minimum atomic E-state index is -4.59. The van der Waals surface area contributed by atoms with E-state index in [0.29, 0.717) is 6.07 Å². The van der Waals surface area contributed by atoms with E-state index in [9.17, 15) is 13.2 Å². The van der Waals surface area contributed by atoms with Crippen LogP contribution in [0.2, 0.25) is 0 Å². The molecule has 0 spiro atoms. The van der Waals surface area contributed by atoms with Crippen LogP contribution in [0.3, 0.4) is 0 Å². The fraction of sp³-hybridized carbons (Fsp3) is 0.429. The normalized spacial score (nSPS) is 13.3. The molecule has 1 atom stereocenters. The smallest absolute Gasteiger partial charge is 0.449 e. The first-order valence-corrected chi connectivity index (χ1v) is 3.81. The summed E-state index contributed by atoms with van der Waals surface area (Å²) in [6.45, 7) is -0.616. The second kappa shape index (κ2) is 4.24. The summed E-state index contributed by atoms with van der Waals surface area (Å²) in [7, 11) is 0. The molecule has 0 amide bonds.